The molecule has 12 heavy (non-hydrogen) atoms. The van der Waals surface area contributed by atoms with E-state index in [0.29, 0.717) is 5.01 Å². The fourth-order valence-corrected chi connectivity index (χ4v) is 0.407. The highest BCUT2D eigenvalue weighted by Gasteiger charge is 2.41. The number of hydrogen-bond acceptors (Lipinski definition) is 3. The van der Waals surface area contributed by atoms with Gasteiger partial charge >= 0.3 is 12.2 Å². The van der Waals surface area contributed by atoms with E-state index in [0.717, 1.165) is 14.1 Å². The molecule has 0 radical (unpaired) electrons. The van der Waals surface area contributed by atoms with Crippen molar-refractivity contribution in [2.24, 2.45) is 5.10 Å². The van der Waals surface area contributed by atoms with Gasteiger partial charge in [0.25, 0.3) is 0 Å². The van der Waals surface area contributed by atoms with Gasteiger partial charge in [-0.1, -0.05) is 0 Å². The molecule has 0 heterocycles. The van der Waals surface area contributed by atoms with E-state index < -0.39 is 17.9 Å². The van der Waals surface area contributed by atoms with Crippen LogP contribution in [0.3, 0.4) is 0 Å². The summed E-state index contributed by atoms with van der Waals surface area (Å²) in [5.41, 5.74) is -2.05. The summed E-state index contributed by atoms with van der Waals surface area (Å²) in [6.45, 7) is 0. The molecule has 3 nitrogen and oxygen atoms in total. The number of hydrogen-bond donors (Lipinski definition) is 0. The van der Waals surface area contributed by atoms with E-state index in [1.54, 1.807) is 0 Å². The maximum absolute atomic E-state index is 11.7. The third kappa shape index (κ3) is 3.31. The molecule has 70 valence electrons. The lowest BCUT2D eigenvalue weighted by atomic mass is 10.4. The zero-order valence-electron chi connectivity index (χ0n) is 6.31. The lowest BCUT2D eigenvalue weighted by Crippen LogP contribution is -2.30. The minimum Gasteiger partial charge on any atom is -0.302 e. The van der Waals surface area contributed by atoms with E-state index in [9.17, 15) is 22.4 Å². The molecule has 0 aliphatic rings. The molecule has 0 N–H and O–H groups in total. The Morgan fingerprint density at radius 1 is 1.33 bits per heavy atom. The van der Waals surface area contributed by atoms with Crippen LogP contribution >= 0.6 is 0 Å². The molecule has 0 aromatic heterocycles. The van der Waals surface area contributed by atoms with Crippen molar-refractivity contribution in [3.05, 3.63) is 0 Å². The van der Waals surface area contributed by atoms with Gasteiger partial charge in [0.2, 0.25) is 5.71 Å². The summed E-state index contributed by atoms with van der Waals surface area (Å²) in [6, 6.07) is -2.59. The van der Waals surface area contributed by atoms with Gasteiger partial charge in [0.1, 0.15) is 0 Å². The number of hydrazone groups is 1. The smallest absolute Gasteiger partial charge is 0.302 e. The number of alkyl halides is 3. The molecule has 0 rings (SSSR count). The Morgan fingerprint density at radius 2 is 1.75 bits per heavy atom. The highest BCUT2D eigenvalue weighted by molar-refractivity contribution is 6.38. The van der Waals surface area contributed by atoms with E-state index in [4.69, 9.17) is 0 Å². The molecule has 0 unspecified atom stereocenters. The van der Waals surface area contributed by atoms with E-state index in [1.807, 2.05) is 0 Å². The van der Waals surface area contributed by atoms with Crippen molar-refractivity contribution in [3.63, 3.8) is 0 Å². The Kier molecular flexibility index (Phi) is 3.17. The van der Waals surface area contributed by atoms with Crippen LogP contribution < -0.4 is 0 Å². The first-order valence-corrected chi connectivity index (χ1v) is 2.78. The summed E-state index contributed by atoms with van der Waals surface area (Å²) in [7, 11) is 2.30. The van der Waals surface area contributed by atoms with Gasteiger partial charge in [-0.05, 0) is 0 Å². The van der Waals surface area contributed by atoms with Gasteiger partial charge in [-0.2, -0.15) is 22.7 Å². The molecule has 0 spiro atoms. The van der Waals surface area contributed by atoms with Crippen molar-refractivity contribution in [1.29, 1.82) is 0 Å². The summed E-state index contributed by atoms with van der Waals surface area (Å²) in [6.07, 6.45) is -5.05. The monoisotopic (exact) mass is 186 g/mol. The standard InChI is InChI=1S/C5H6F4N2O/c1-11(2)10-3(4(6)12)5(7,8)9/h1-2H3. The Hall–Kier alpha value is -1.14. The van der Waals surface area contributed by atoms with E-state index >= 15 is 0 Å². The second-order valence-electron chi connectivity index (χ2n) is 2.07. The van der Waals surface area contributed by atoms with Gasteiger partial charge in [-0.3, -0.25) is 4.79 Å². The van der Waals surface area contributed by atoms with Crippen molar-refractivity contribution < 1.29 is 22.4 Å². The summed E-state index contributed by atoms with van der Waals surface area (Å²) in [4.78, 5) is 9.78. The van der Waals surface area contributed by atoms with Crippen molar-refractivity contribution in [1.82, 2.24) is 5.01 Å². The van der Waals surface area contributed by atoms with Crippen molar-refractivity contribution >= 4 is 11.7 Å². The number of halogens is 4. The number of nitrogens with zero attached hydrogens (tertiary/aromatic N) is 2. The van der Waals surface area contributed by atoms with Crippen LogP contribution in [-0.4, -0.2) is 37.0 Å². The quantitative estimate of drug-likeness (QED) is 0.278. The number of carbonyl (C=O) groups excluding carboxylic acids is 1. The van der Waals surface area contributed by atoms with Gasteiger partial charge in [0.15, 0.2) is 0 Å². The number of carbonyl (C=O) groups is 1. The Labute approximate surface area is 65.6 Å². The minimum absolute atomic E-state index is 0.695. The molecule has 0 aromatic carbocycles. The molecular formula is C5H6F4N2O. The predicted molar refractivity (Wildman–Crippen MR) is 33.3 cm³/mol. The summed E-state index contributed by atoms with van der Waals surface area (Å²) in [5, 5.41) is 3.34. The topological polar surface area (TPSA) is 32.7 Å². The first kappa shape index (κ1) is 10.9. The maximum Gasteiger partial charge on any atom is 0.441 e. The minimum atomic E-state index is -5.05. The average molecular weight is 186 g/mol. The molecule has 0 saturated carbocycles. The fourth-order valence-electron chi connectivity index (χ4n) is 0.407. The van der Waals surface area contributed by atoms with Gasteiger partial charge in [-0.15, -0.1) is 0 Å². The molecule has 0 atom stereocenters. The first-order valence-electron chi connectivity index (χ1n) is 2.78. The first-order chi connectivity index (χ1) is 5.25. The van der Waals surface area contributed by atoms with Crippen LogP contribution in [0.15, 0.2) is 5.10 Å². The van der Waals surface area contributed by atoms with E-state index in [-0.39, 0.29) is 0 Å². The Balaban J connectivity index is 4.81. The molecular weight excluding hydrogens is 180 g/mol. The van der Waals surface area contributed by atoms with Crippen LogP contribution in [0.1, 0.15) is 0 Å². The highest BCUT2D eigenvalue weighted by Crippen LogP contribution is 2.18. The van der Waals surface area contributed by atoms with Crippen LogP contribution in [0.4, 0.5) is 17.6 Å². The van der Waals surface area contributed by atoms with Crippen molar-refractivity contribution in [2.75, 3.05) is 14.1 Å². The lowest BCUT2D eigenvalue weighted by molar-refractivity contribution is -0.126. The zero-order chi connectivity index (χ0) is 9.94. The third-order valence-corrected chi connectivity index (χ3v) is 0.755. The molecule has 7 heteroatoms. The number of rotatable bonds is 2. The van der Waals surface area contributed by atoms with Crippen LogP contribution in [0.25, 0.3) is 0 Å². The van der Waals surface area contributed by atoms with Gasteiger partial charge in [-0.25, -0.2) is 0 Å². The van der Waals surface area contributed by atoms with Crippen LogP contribution in [0, 0.1) is 0 Å². The van der Waals surface area contributed by atoms with E-state index in [2.05, 4.69) is 5.10 Å². The van der Waals surface area contributed by atoms with Crippen molar-refractivity contribution in [2.45, 2.75) is 6.18 Å². The van der Waals surface area contributed by atoms with Gasteiger partial charge in [0.05, 0.1) is 0 Å². The third-order valence-electron chi connectivity index (χ3n) is 0.755. The van der Waals surface area contributed by atoms with Crippen molar-refractivity contribution in [3.8, 4) is 0 Å². The fraction of sp³-hybridized carbons (Fsp3) is 0.600. The SMILES string of the molecule is CN(C)N=C(C(=O)F)C(F)(F)F. The average Bonchev–Trinajstić information content (AvgIpc) is 1.79. The van der Waals surface area contributed by atoms with Gasteiger partial charge < -0.3 is 5.01 Å². The van der Waals surface area contributed by atoms with Crippen LogP contribution in [-0.2, 0) is 4.79 Å². The molecule has 0 fully saturated rings. The van der Waals surface area contributed by atoms with Crippen LogP contribution in [0.5, 0.6) is 0 Å². The van der Waals surface area contributed by atoms with E-state index in [1.165, 1.54) is 0 Å². The summed E-state index contributed by atoms with van der Waals surface area (Å²) in [5.74, 6) is 0. The molecule has 0 saturated heterocycles. The van der Waals surface area contributed by atoms with Crippen LogP contribution in [0.2, 0.25) is 0 Å². The molecule has 0 aliphatic carbocycles. The summed E-state index contributed by atoms with van der Waals surface area (Å²) < 4.78 is 46.8. The predicted octanol–water partition coefficient (Wildman–Crippen LogP) is 0.962. The Bertz CT molecular complexity index is 208. The Morgan fingerprint density at radius 3 is 1.83 bits per heavy atom. The molecule has 0 amide bonds. The summed E-state index contributed by atoms with van der Waals surface area (Å²) >= 11 is 0. The molecule has 0 bridgehead atoms. The molecule has 0 aromatic rings. The largest absolute Gasteiger partial charge is 0.441 e. The molecule has 0 aliphatic heterocycles. The maximum atomic E-state index is 11.7. The highest BCUT2D eigenvalue weighted by atomic mass is 19.4. The zero-order valence-corrected chi connectivity index (χ0v) is 6.31. The second kappa shape index (κ2) is 3.51. The van der Waals surface area contributed by atoms with Gasteiger partial charge in [0, 0.05) is 14.1 Å². The normalized spacial score (nSPS) is 13.0. The lowest BCUT2D eigenvalue weighted by Gasteiger charge is -2.09. The second-order valence-corrected chi connectivity index (χ2v) is 2.07.